The SMILES string of the molecule is COC(=O)Nc1cc2oc3ccc(S(=O)(=O)NC(C(=O)OC)C(C)C)cc3c2cc1Br. The molecule has 11 heteroatoms. The van der Waals surface area contributed by atoms with Crippen LogP contribution >= 0.6 is 15.9 Å². The maximum Gasteiger partial charge on any atom is 0.411 e. The molecule has 0 aliphatic heterocycles. The first-order chi connectivity index (χ1) is 14.6. The maximum atomic E-state index is 12.9. The molecular weight excluding hydrogens is 492 g/mol. The Morgan fingerprint density at radius 2 is 1.71 bits per heavy atom. The third-order valence-electron chi connectivity index (χ3n) is 4.67. The van der Waals surface area contributed by atoms with E-state index in [-0.39, 0.29) is 10.8 Å². The summed E-state index contributed by atoms with van der Waals surface area (Å²) >= 11 is 3.38. The molecule has 3 aromatic rings. The van der Waals surface area contributed by atoms with Crippen LogP contribution in [0.25, 0.3) is 21.9 Å². The first-order valence-corrected chi connectivity index (χ1v) is 11.5. The van der Waals surface area contributed by atoms with Crippen LogP contribution in [0.4, 0.5) is 10.5 Å². The predicted octanol–water partition coefficient (Wildman–Crippen LogP) is 4.00. The second-order valence-electron chi connectivity index (χ2n) is 7.07. The quantitative estimate of drug-likeness (QED) is 0.478. The van der Waals surface area contributed by atoms with Crippen molar-refractivity contribution in [1.29, 1.82) is 0 Å². The number of esters is 1. The fraction of sp³-hybridized carbons (Fsp3) is 0.300. The molecular formula is C20H21BrN2O7S. The monoisotopic (exact) mass is 512 g/mol. The summed E-state index contributed by atoms with van der Waals surface area (Å²) in [4.78, 5) is 23.5. The number of nitrogens with one attached hydrogen (secondary N) is 2. The molecule has 1 heterocycles. The molecule has 0 fully saturated rings. The Kier molecular flexibility index (Phi) is 6.58. The molecule has 1 unspecified atom stereocenters. The number of sulfonamides is 1. The van der Waals surface area contributed by atoms with E-state index >= 15 is 0 Å². The van der Waals surface area contributed by atoms with Crippen molar-refractivity contribution in [2.24, 2.45) is 5.92 Å². The summed E-state index contributed by atoms with van der Waals surface area (Å²) in [5, 5.41) is 3.76. The van der Waals surface area contributed by atoms with E-state index in [1.54, 1.807) is 26.0 Å². The Morgan fingerprint density at radius 1 is 1.03 bits per heavy atom. The van der Waals surface area contributed by atoms with Crippen molar-refractivity contribution in [3.05, 3.63) is 34.8 Å². The van der Waals surface area contributed by atoms with Crippen LogP contribution in [-0.4, -0.2) is 40.7 Å². The Labute approximate surface area is 187 Å². The Morgan fingerprint density at radius 3 is 2.32 bits per heavy atom. The van der Waals surface area contributed by atoms with Crippen LogP contribution in [0.3, 0.4) is 0 Å². The van der Waals surface area contributed by atoms with Crippen molar-refractivity contribution in [3.63, 3.8) is 0 Å². The summed E-state index contributed by atoms with van der Waals surface area (Å²) in [7, 11) is -1.55. The zero-order chi connectivity index (χ0) is 22.9. The maximum absolute atomic E-state index is 12.9. The van der Waals surface area contributed by atoms with E-state index in [1.807, 2.05) is 0 Å². The van der Waals surface area contributed by atoms with Crippen LogP contribution in [0.15, 0.2) is 44.1 Å². The molecule has 0 saturated carbocycles. The molecule has 9 nitrogen and oxygen atoms in total. The van der Waals surface area contributed by atoms with Gasteiger partial charge >= 0.3 is 12.1 Å². The molecule has 166 valence electrons. The molecule has 0 radical (unpaired) electrons. The molecule has 0 spiro atoms. The Balaban J connectivity index is 2.05. The van der Waals surface area contributed by atoms with Gasteiger partial charge in [0.1, 0.15) is 17.2 Å². The number of ether oxygens (including phenoxy) is 2. The highest BCUT2D eigenvalue weighted by Crippen LogP contribution is 2.36. The van der Waals surface area contributed by atoms with Crippen LogP contribution in [0, 0.1) is 5.92 Å². The van der Waals surface area contributed by atoms with Crippen LogP contribution in [0.2, 0.25) is 0 Å². The van der Waals surface area contributed by atoms with E-state index in [0.717, 1.165) is 0 Å². The first kappa shape index (κ1) is 23.0. The average molecular weight is 513 g/mol. The molecule has 31 heavy (non-hydrogen) atoms. The summed E-state index contributed by atoms with van der Waals surface area (Å²) in [6.07, 6.45) is -0.638. The highest BCUT2D eigenvalue weighted by Gasteiger charge is 2.29. The van der Waals surface area contributed by atoms with Gasteiger partial charge in [0.05, 0.1) is 24.8 Å². The zero-order valence-corrected chi connectivity index (χ0v) is 19.6. The lowest BCUT2D eigenvalue weighted by atomic mass is 10.1. The summed E-state index contributed by atoms with van der Waals surface area (Å²) in [5.41, 5.74) is 1.34. The van der Waals surface area contributed by atoms with Gasteiger partial charge in [-0.3, -0.25) is 10.1 Å². The standard InChI is InChI=1S/C20H21BrN2O7S/c1-10(2)18(19(24)28-3)23-31(26,27)11-5-6-16-12(7-11)13-8-14(21)15(9-17(13)30-16)22-20(25)29-4/h5-10,18,23H,1-4H3,(H,22,25). The molecule has 2 N–H and O–H groups in total. The van der Waals surface area contributed by atoms with Gasteiger partial charge in [0.2, 0.25) is 10.0 Å². The smallest absolute Gasteiger partial charge is 0.411 e. The number of amides is 1. The number of rotatable bonds is 6. The van der Waals surface area contributed by atoms with E-state index in [9.17, 15) is 18.0 Å². The lowest BCUT2D eigenvalue weighted by molar-refractivity contribution is -0.143. The molecule has 0 aliphatic rings. The van der Waals surface area contributed by atoms with Gasteiger partial charge < -0.3 is 13.9 Å². The molecule has 0 saturated heterocycles. The number of methoxy groups -OCH3 is 2. The number of anilines is 1. The number of hydrogen-bond donors (Lipinski definition) is 2. The minimum absolute atomic E-state index is 0.0230. The summed E-state index contributed by atoms with van der Waals surface area (Å²) < 4.78 is 43.9. The average Bonchev–Trinajstić information content (AvgIpc) is 3.08. The van der Waals surface area contributed by atoms with Gasteiger partial charge in [-0.25, -0.2) is 13.2 Å². The number of hydrogen-bond acceptors (Lipinski definition) is 7. The summed E-state index contributed by atoms with van der Waals surface area (Å²) in [6, 6.07) is 6.69. The third kappa shape index (κ3) is 4.68. The fourth-order valence-electron chi connectivity index (χ4n) is 3.02. The lowest BCUT2D eigenvalue weighted by Gasteiger charge is -2.19. The van der Waals surface area contributed by atoms with Crippen molar-refractivity contribution in [2.45, 2.75) is 24.8 Å². The van der Waals surface area contributed by atoms with E-state index in [4.69, 9.17) is 9.15 Å². The number of carbonyl (C=O) groups excluding carboxylic acids is 2. The summed E-state index contributed by atoms with van der Waals surface area (Å²) in [5.74, 6) is -0.972. The van der Waals surface area contributed by atoms with Crippen LogP contribution < -0.4 is 10.0 Å². The second-order valence-corrected chi connectivity index (χ2v) is 9.64. The van der Waals surface area contributed by atoms with Crippen molar-refractivity contribution in [3.8, 4) is 0 Å². The normalized spacial score (nSPS) is 12.8. The van der Waals surface area contributed by atoms with Crippen molar-refractivity contribution >= 4 is 65.6 Å². The molecule has 1 aromatic heterocycles. The molecule has 1 amide bonds. The third-order valence-corrected chi connectivity index (χ3v) is 6.76. The van der Waals surface area contributed by atoms with Gasteiger partial charge in [0, 0.05) is 21.3 Å². The Bertz CT molecular complexity index is 1270. The van der Waals surface area contributed by atoms with E-state index < -0.39 is 28.1 Å². The first-order valence-electron chi connectivity index (χ1n) is 9.18. The summed E-state index contributed by atoms with van der Waals surface area (Å²) in [6.45, 7) is 3.43. The van der Waals surface area contributed by atoms with E-state index in [0.29, 0.717) is 32.1 Å². The van der Waals surface area contributed by atoms with Crippen molar-refractivity contribution in [2.75, 3.05) is 19.5 Å². The fourth-order valence-corrected chi connectivity index (χ4v) is 4.82. The molecule has 1 atom stereocenters. The molecule has 0 aliphatic carbocycles. The minimum atomic E-state index is -4.01. The topological polar surface area (TPSA) is 124 Å². The molecule has 3 rings (SSSR count). The Hall–Kier alpha value is -2.63. The minimum Gasteiger partial charge on any atom is -0.468 e. The van der Waals surface area contributed by atoms with Crippen LogP contribution in [0.5, 0.6) is 0 Å². The van der Waals surface area contributed by atoms with Crippen molar-refractivity contribution < 1.29 is 31.9 Å². The van der Waals surface area contributed by atoms with Crippen molar-refractivity contribution in [1.82, 2.24) is 4.72 Å². The van der Waals surface area contributed by atoms with Crippen LogP contribution in [0.1, 0.15) is 13.8 Å². The van der Waals surface area contributed by atoms with Gasteiger partial charge in [-0.05, 0) is 46.1 Å². The van der Waals surface area contributed by atoms with Gasteiger partial charge in [-0.2, -0.15) is 4.72 Å². The van der Waals surface area contributed by atoms with Gasteiger partial charge in [0.25, 0.3) is 0 Å². The zero-order valence-electron chi connectivity index (χ0n) is 17.2. The highest BCUT2D eigenvalue weighted by molar-refractivity contribution is 9.10. The van der Waals surface area contributed by atoms with E-state index in [1.165, 1.54) is 32.4 Å². The number of furan rings is 1. The molecule has 0 bridgehead atoms. The number of benzene rings is 2. The largest absolute Gasteiger partial charge is 0.468 e. The number of carbonyl (C=O) groups is 2. The highest BCUT2D eigenvalue weighted by atomic mass is 79.9. The van der Waals surface area contributed by atoms with Gasteiger partial charge in [-0.15, -0.1) is 0 Å². The van der Waals surface area contributed by atoms with Gasteiger partial charge in [-0.1, -0.05) is 13.8 Å². The second kappa shape index (κ2) is 8.85. The lowest BCUT2D eigenvalue weighted by Crippen LogP contribution is -2.44. The van der Waals surface area contributed by atoms with Gasteiger partial charge in [0.15, 0.2) is 0 Å². The number of fused-ring (bicyclic) bond motifs is 3. The number of halogens is 1. The molecule has 2 aromatic carbocycles. The van der Waals surface area contributed by atoms with Crippen LogP contribution in [-0.2, 0) is 24.3 Å². The predicted molar refractivity (Wildman–Crippen MR) is 118 cm³/mol. The van der Waals surface area contributed by atoms with E-state index in [2.05, 4.69) is 30.7 Å².